The second-order valence-corrected chi connectivity index (χ2v) is 3.39. The predicted molar refractivity (Wildman–Crippen MR) is 60.2 cm³/mol. The monoisotopic (exact) mass is 220 g/mol. The van der Waals surface area contributed by atoms with E-state index in [2.05, 4.69) is 4.98 Å². The molecule has 0 unspecified atom stereocenters. The number of hydrogen-bond donors (Lipinski definition) is 1. The second kappa shape index (κ2) is 4.19. The van der Waals surface area contributed by atoms with Gasteiger partial charge >= 0.3 is 0 Å². The smallest absolute Gasteiger partial charge is 0.242 e. The van der Waals surface area contributed by atoms with Gasteiger partial charge in [-0.25, -0.2) is 4.98 Å². The van der Waals surface area contributed by atoms with Crippen molar-refractivity contribution < 1.29 is 4.74 Å². The third-order valence-electron chi connectivity index (χ3n) is 1.83. The summed E-state index contributed by atoms with van der Waals surface area (Å²) in [4.78, 5) is 4.02. The van der Waals surface area contributed by atoms with E-state index in [1.165, 1.54) is 0 Å². The molecule has 0 bridgehead atoms. The van der Waals surface area contributed by atoms with Crippen molar-refractivity contribution in [3.05, 3.63) is 47.6 Å². The first-order valence-electron chi connectivity index (χ1n) is 4.39. The fourth-order valence-electron chi connectivity index (χ4n) is 1.10. The van der Waals surface area contributed by atoms with Gasteiger partial charge in [-0.2, -0.15) is 0 Å². The van der Waals surface area contributed by atoms with Crippen LogP contribution in [0.5, 0.6) is 11.6 Å². The number of pyridine rings is 1. The first kappa shape index (κ1) is 9.80. The van der Waals surface area contributed by atoms with Crippen LogP contribution in [0.2, 0.25) is 5.02 Å². The van der Waals surface area contributed by atoms with Crippen molar-refractivity contribution in [2.45, 2.75) is 0 Å². The van der Waals surface area contributed by atoms with E-state index in [1.54, 1.807) is 42.6 Å². The third kappa shape index (κ3) is 2.39. The molecule has 2 rings (SSSR count). The van der Waals surface area contributed by atoms with Crippen LogP contribution in [0.15, 0.2) is 42.6 Å². The summed E-state index contributed by atoms with van der Waals surface area (Å²) < 4.78 is 5.47. The van der Waals surface area contributed by atoms with Crippen molar-refractivity contribution in [2.75, 3.05) is 5.73 Å². The molecule has 0 aliphatic heterocycles. The molecule has 0 amide bonds. The minimum absolute atomic E-state index is 0.403. The van der Waals surface area contributed by atoms with E-state index >= 15 is 0 Å². The molecule has 2 aromatic rings. The predicted octanol–water partition coefficient (Wildman–Crippen LogP) is 3.11. The van der Waals surface area contributed by atoms with E-state index < -0.39 is 0 Å². The summed E-state index contributed by atoms with van der Waals surface area (Å²) in [5.41, 5.74) is 6.19. The molecule has 0 atom stereocenters. The number of halogens is 1. The van der Waals surface area contributed by atoms with E-state index in [0.29, 0.717) is 22.3 Å². The standard InChI is InChI=1S/C11H9ClN2O/c12-8-3-5-9(6-4-8)15-11-10(13)2-1-7-14-11/h1-7H,13H2. The van der Waals surface area contributed by atoms with Crippen LogP contribution in [0.4, 0.5) is 5.69 Å². The first-order chi connectivity index (χ1) is 7.25. The normalized spacial score (nSPS) is 9.93. The summed E-state index contributed by atoms with van der Waals surface area (Å²) in [7, 11) is 0. The number of aromatic nitrogens is 1. The zero-order valence-corrected chi connectivity index (χ0v) is 8.61. The molecule has 3 nitrogen and oxygen atoms in total. The average molecular weight is 221 g/mol. The molecule has 76 valence electrons. The lowest BCUT2D eigenvalue weighted by Gasteiger charge is -2.06. The van der Waals surface area contributed by atoms with Crippen LogP contribution in [-0.4, -0.2) is 4.98 Å². The maximum absolute atomic E-state index is 5.75. The topological polar surface area (TPSA) is 48.1 Å². The van der Waals surface area contributed by atoms with Crippen LogP contribution < -0.4 is 10.5 Å². The minimum Gasteiger partial charge on any atom is -0.437 e. The van der Waals surface area contributed by atoms with Gasteiger partial charge in [-0.1, -0.05) is 11.6 Å². The number of rotatable bonds is 2. The summed E-state index contributed by atoms with van der Waals surface area (Å²) in [5, 5.41) is 0.663. The number of nitrogens with zero attached hydrogens (tertiary/aromatic N) is 1. The highest BCUT2D eigenvalue weighted by atomic mass is 35.5. The number of anilines is 1. The largest absolute Gasteiger partial charge is 0.437 e. The van der Waals surface area contributed by atoms with Gasteiger partial charge in [-0.15, -0.1) is 0 Å². The minimum atomic E-state index is 0.403. The maximum atomic E-state index is 5.75. The van der Waals surface area contributed by atoms with Crippen molar-refractivity contribution in [3.63, 3.8) is 0 Å². The Morgan fingerprint density at radius 3 is 2.53 bits per heavy atom. The highest BCUT2D eigenvalue weighted by Crippen LogP contribution is 2.25. The molecule has 0 fully saturated rings. The molecule has 0 saturated heterocycles. The summed E-state index contributed by atoms with van der Waals surface area (Å²) in [6.45, 7) is 0. The molecular formula is C11H9ClN2O. The van der Waals surface area contributed by atoms with Crippen LogP contribution in [0.1, 0.15) is 0 Å². The molecule has 0 saturated carbocycles. The quantitative estimate of drug-likeness (QED) is 0.846. The van der Waals surface area contributed by atoms with Gasteiger partial charge in [0, 0.05) is 11.2 Å². The molecule has 0 aliphatic rings. The van der Waals surface area contributed by atoms with Crippen LogP contribution in [-0.2, 0) is 0 Å². The SMILES string of the molecule is Nc1cccnc1Oc1ccc(Cl)cc1. The fourth-order valence-corrected chi connectivity index (χ4v) is 1.23. The van der Waals surface area contributed by atoms with Crippen LogP contribution in [0.25, 0.3) is 0 Å². The molecule has 1 aromatic heterocycles. The first-order valence-corrected chi connectivity index (χ1v) is 4.77. The number of benzene rings is 1. The lowest BCUT2D eigenvalue weighted by molar-refractivity contribution is 0.465. The van der Waals surface area contributed by atoms with Crippen molar-refractivity contribution in [1.82, 2.24) is 4.98 Å². The zero-order valence-electron chi connectivity index (χ0n) is 7.85. The van der Waals surface area contributed by atoms with Gasteiger partial charge in [0.15, 0.2) is 0 Å². The van der Waals surface area contributed by atoms with Gasteiger partial charge in [0.25, 0.3) is 0 Å². The Morgan fingerprint density at radius 1 is 1.13 bits per heavy atom. The molecule has 0 aliphatic carbocycles. The Morgan fingerprint density at radius 2 is 1.87 bits per heavy atom. The van der Waals surface area contributed by atoms with Crippen molar-refractivity contribution in [2.24, 2.45) is 0 Å². The van der Waals surface area contributed by atoms with E-state index in [9.17, 15) is 0 Å². The zero-order chi connectivity index (χ0) is 10.7. The highest BCUT2D eigenvalue weighted by Gasteiger charge is 2.01. The summed E-state index contributed by atoms with van der Waals surface area (Å²) >= 11 is 5.75. The van der Waals surface area contributed by atoms with Crippen molar-refractivity contribution in [1.29, 1.82) is 0 Å². The van der Waals surface area contributed by atoms with Gasteiger partial charge < -0.3 is 10.5 Å². The molecular weight excluding hydrogens is 212 g/mol. The molecule has 0 radical (unpaired) electrons. The van der Waals surface area contributed by atoms with Gasteiger partial charge in [0.2, 0.25) is 5.88 Å². The van der Waals surface area contributed by atoms with Crippen LogP contribution in [0.3, 0.4) is 0 Å². The molecule has 2 N–H and O–H groups in total. The Balaban J connectivity index is 2.22. The molecule has 1 aromatic carbocycles. The second-order valence-electron chi connectivity index (χ2n) is 2.95. The van der Waals surface area contributed by atoms with Gasteiger partial charge in [0.1, 0.15) is 5.75 Å². The van der Waals surface area contributed by atoms with Gasteiger partial charge in [0.05, 0.1) is 5.69 Å². The molecule has 1 heterocycles. The summed E-state index contributed by atoms with van der Waals surface area (Å²) in [6, 6.07) is 10.5. The molecule has 4 heteroatoms. The summed E-state index contributed by atoms with van der Waals surface area (Å²) in [6.07, 6.45) is 1.63. The van der Waals surface area contributed by atoms with Crippen LogP contribution >= 0.6 is 11.6 Å². The highest BCUT2D eigenvalue weighted by molar-refractivity contribution is 6.30. The number of hydrogen-bond acceptors (Lipinski definition) is 3. The molecule has 15 heavy (non-hydrogen) atoms. The average Bonchev–Trinajstić information content (AvgIpc) is 2.25. The Bertz CT molecular complexity index is 456. The number of nitrogen functional groups attached to an aromatic ring is 1. The third-order valence-corrected chi connectivity index (χ3v) is 2.08. The van der Waals surface area contributed by atoms with Crippen molar-refractivity contribution >= 4 is 17.3 Å². The van der Waals surface area contributed by atoms with E-state index in [-0.39, 0.29) is 0 Å². The van der Waals surface area contributed by atoms with Gasteiger partial charge in [-0.3, -0.25) is 0 Å². The Hall–Kier alpha value is -1.74. The van der Waals surface area contributed by atoms with Crippen molar-refractivity contribution in [3.8, 4) is 11.6 Å². The Labute approximate surface area is 92.5 Å². The van der Waals surface area contributed by atoms with E-state index in [4.69, 9.17) is 22.1 Å². The lowest BCUT2D eigenvalue weighted by Crippen LogP contribution is -1.93. The summed E-state index contributed by atoms with van der Waals surface area (Å²) in [5.74, 6) is 1.06. The van der Waals surface area contributed by atoms with E-state index in [0.717, 1.165) is 0 Å². The van der Waals surface area contributed by atoms with Gasteiger partial charge in [-0.05, 0) is 36.4 Å². The molecule has 0 spiro atoms. The number of nitrogens with two attached hydrogens (primary N) is 1. The lowest BCUT2D eigenvalue weighted by atomic mass is 10.3. The Kier molecular flexibility index (Phi) is 2.74. The van der Waals surface area contributed by atoms with Crippen LogP contribution in [0, 0.1) is 0 Å². The maximum Gasteiger partial charge on any atom is 0.242 e. The number of ether oxygens (including phenoxy) is 1. The fraction of sp³-hybridized carbons (Fsp3) is 0. The van der Waals surface area contributed by atoms with E-state index in [1.807, 2.05) is 0 Å².